The standard InChI is InChI=1S/C24H22Cl2N4O2/c1-3-30-21-7-5-4-6-20(21)28-24(30)29-27-14-17-12-19(26)23(22(13-17)31-2)32-15-16-8-10-18(25)11-9-16/h4-14H,3,15H2,1-2H3,(H,28,29)/b27-14-. The Morgan fingerprint density at radius 3 is 2.62 bits per heavy atom. The van der Waals surface area contributed by atoms with Gasteiger partial charge in [0.25, 0.3) is 0 Å². The molecule has 3 aromatic carbocycles. The normalized spacial score (nSPS) is 11.2. The zero-order valence-electron chi connectivity index (χ0n) is 17.7. The van der Waals surface area contributed by atoms with E-state index in [0.29, 0.717) is 34.1 Å². The molecule has 0 fully saturated rings. The molecule has 0 aliphatic rings. The molecule has 6 nitrogen and oxygen atoms in total. The van der Waals surface area contributed by atoms with Gasteiger partial charge in [-0.3, -0.25) is 0 Å². The van der Waals surface area contributed by atoms with E-state index >= 15 is 0 Å². The Labute approximate surface area is 196 Å². The first-order chi connectivity index (χ1) is 15.6. The second kappa shape index (κ2) is 9.94. The van der Waals surface area contributed by atoms with E-state index in [9.17, 15) is 0 Å². The van der Waals surface area contributed by atoms with E-state index < -0.39 is 0 Å². The molecule has 1 N–H and O–H groups in total. The van der Waals surface area contributed by atoms with Crippen molar-refractivity contribution in [3.63, 3.8) is 0 Å². The zero-order valence-corrected chi connectivity index (χ0v) is 19.2. The third-order valence-corrected chi connectivity index (χ3v) is 5.43. The van der Waals surface area contributed by atoms with Crippen LogP contribution in [-0.2, 0) is 13.2 Å². The number of hydrogen-bond donors (Lipinski definition) is 1. The minimum atomic E-state index is 0.343. The van der Waals surface area contributed by atoms with Gasteiger partial charge in [-0.05, 0) is 54.4 Å². The Morgan fingerprint density at radius 2 is 1.88 bits per heavy atom. The Morgan fingerprint density at radius 1 is 1.09 bits per heavy atom. The molecule has 4 rings (SSSR count). The smallest absolute Gasteiger partial charge is 0.224 e. The van der Waals surface area contributed by atoms with Gasteiger partial charge in [-0.1, -0.05) is 47.5 Å². The maximum absolute atomic E-state index is 6.48. The van der Waals surface area contributed by atoms with Crippen LogP contribution >= 0.6 is 23.2 Å². The third-order valence-electron chi connectivity index (χ3n) is 4.90. The molecule has 0 saturated carbocycles. The molecule has 164 valence electrons. The SMILES string of the molecule is CCn1c(N/N=C\c2cc(Cl)c(OCc3ccc(Cl)cc3)c(OC)c2)nc2ccccc21. The fourth-order valence-electron chi connectivity index (χ4n) is 3.34. The van der Waals surface area contributed by atoms with Gasteiger partial charge in [0.2, 0.25) is 5.95 Å². The number of imidazole rings is 1. The van der Waals surface area contributed by atoms with Gasteiger partial charge >= 0.3 is 0 Å². The molecule has 0 unspecified atom stereocenters. The number of rotatable bonds is 8. The number of aryl methyl sites for hydroxylation is 1. The first-order valence-electron chi connectivity index (χ1n) is 10.1. The largest absolute Gasteiger partial charge is 0.493 e. The second-order valence-corrected chi connectivity index (χ2v) is 7.83. The van der Waals surface area contributed by atoms with Gasteiger partial charge in [0.1, 0.15) is 6.61 Å². The quantitative estimate of drug-likeness (QED) is 0.240. The van der Waals surface area contributed by atoms with Crippen molar-refractivity contribution in [1.29, 1.82) is 0 Å². The number of para-hydroxylation sites is 2. The molecule has 0 spiro atoms. The summed E-state index contributed by atoms with van der Waals surface area (Å²) in [6.45, 7) is 3.18. The molecule has 32 heavy (non-hydrogen) atoms. The summed E-state index contributed by atoms with van der Waals surface area (Å²) in [5, 5.41) is 5.45. The summed E-state index contributed by atoms with van der Waals surface area (Å²) < 4.78 is 13.5. The number of nitrogens with zero attached hydrogens (tertiary/aromatic N) is 3. The zero-order chi connectivity index (χ0) is 22.5. The van der Waals surface area contributed by atoms with Crippen LogP contribution in [0.4, 0.5) is 5.95 Å². The maximum atomic E-state index is 6.48. The number of aromatic nitrogens is 2. The monoisotopic (exact) mass is 468 g/mol. The average Bonchev–Trinajstić information content (AvgIpc) is 3.16. The predicted octanol–water partition coefficient (Wildman–Crippen LogP) is 6.40. The van der Waals surface area contributed by atoms with Gasteiger partial charge in [0.15, 0.2) is 11.5 Å². The van der Waals surface area contributed by atoms with E-state index in [4.69, 9.17) is 32.7 Å². The van der Waals surface area contributed by atoms with Crippen LogP contribution in [0.2, 0.25) is 10.0 Å². The lowest BCUT2D eigenvalue weighted by Gasteiger charge is -2.13. The number of hydrogen-bond acceptors (Lipinski definition) is 5. The predicted molar refractivity (Wildman–Crippen MR) is 130 cm³/mol. The second-order valence-electron chi connectivity index (χ2n) is 6.99. The minimum Gasteiger partial charge on any atom is -0.493 e. The van der Waals surface area contributed by atoms with Gasteiger partial charge in [0, 0.05) is 11.6 Å². The lowest BCUT2D eigenvalue weighted by molar-refractivity contribution is 0.284. The van der Waals surface area contributed by atoms with Crippen LogP contribution in [0.25, 0.3) is 11.0 Å². The number of nitrogens with one attached hydrogen (secondary N) is 1. The van der Waals surface area contributed by atoms with Gasteiger partial charge in [-0.2, -0.15) is 5.10 Å². The number of fused-ring (bicyclic) bond motifs is 1. The molecular formula is C24H22Cl2N4O2. The van der Waals surface area contributed by atoms with E-state index in [1.165, 1.54) is 0 Å². The topological polar surface area (TPSA) is 60.7 Å². The molecule has 0 aliphatic heterocycles. The van der Waals surface area contributed by atoms with E-state index in [-0.39, 0.29) is 0 Å². The van der Waals surface area contributed by atoms with Crippen molar-refractivity contribution < 1.29 is 9.47 Å². The summed E-state index contributed by atoms with van der Waals surface area (Å²) in [6, 6.07) is 19.0. The van der Waals surface area contributed by atoms with Gasteiger partial charge in [-0.25, -0.2) is 10.4 Å². The van der Waals surface area contributed by atoms with E-state index in [0.717, 1.165) is 28.7 Å². The van der Waals surface area contributed by atoms with Crippen LogP contribution in [-0.4, -0.2) is 22.9 Å². The highest BCUT2D eigenvalue weighted by atomic mass is 35.5. The summed E-state index contributed by atoms with van der Waals surface area (Å²) in [6.07, 6.45) is 1.66. The van der Waals surface area contributed by atoms with Crippen LogP contribution < -0.4 is 14.9 Å². The van der Waals surface area contributed by atoms with Crippen LogP contribution in [0.15, 0.2) is 65.8 Å². The number of hydrazone groups is 1. The number of ether oxygens (including phenoxy) is 2. The molecule has 4 aromatic rings. The molecule has 1 aromatic heterocycles. The Kier molecular flexibility index (Phi) is 6.83. The first-order valence-corrected chi connectivity index (χ1v) is 10.8. The number of halogens is 2. The lowest BCUT2D eigenvalue weighted by Crippen LogP contribution is -2.02. The van der Waals surface area contributed by atoms with Crippen LogP contribution in [0.1, 0.15) is 18.1 Å². The number of benzene rings is 3. The number of methoxy groups -OCH3 is 1. The van der Waals surface area contributed by atoms with E-state index in [1.54, 1.807) is 19.4 Å². The first kappa shape index (κ1) is 22.0. The van der Waals surface area contributed by atoms with Gasteiger partial charge in [-0.15, -0.1) is 0 Å². The third kappa shape index (κ3) is 4.82. The highest BCUT2D eigenvalue weighted by molar-refractivity contribution is 6.32. The van der Waals surface area contributed by atoms with Crippen molar-refractivity contribution in [2.75, 3.05) is 12.5 Å². The van der Waals surface area contributed by atoms with Crippen molar-refractivity contribution in [2.24, 2.45) is 5.10 Å². The van der Waals surface area contributed by atoms with E-state index in [2.05, 4.69) is 27.0 Å². The van der Waals surface area contributed by atoms with Crippen LogP contribution in [0, 0.1) is 0 Å². The van der Waals surface area contributed by atoms with Gasteiger partial charge < -0.3 is 14.0 Å². The van der Waals surface area contributed by atoms with Crippen molar-refractivity contribution >= 4 is 46.4 Å². The number of anilines is 1. The molecule has 0 bridgehead atoms. The molecule has 0 amide bonds. The Bertz CT molecular complexity index is 1250. The fraction of sp³-hybridized carbons (Fsp3) is 0.167. The molecule has 1 heterocycles. The van der Waals surface area contributed by atoms with Gasteiger partial charge in [0.05, 0.1) is 29.4 Å². The lowest BCUT2D eigenvalue weighted by atomic mass is 10.2. The molecule has 0 saturated heterocycles. The molecular weight excluding hydrogens is 447 g/mol. The summed E-state index contributed by atoms with van der Waals surface area (Å²) in [7, 11) is 1.57. The highest BCUT2D eigenvalue weighted by Gasteiger charge is 2.12. The van der Waals surface area contributed by atoms with Crippen molar-refractivity contribution in [1.82, 2.24) is 9.55 Å². The summed E-state index contributed by atoms with van der Waals surface area (Å²) in [4.78, 5) is 4.60. The molecule has 0 radical (unpaired) electrons. The van der Waals surface area contributed by atoms with Crippen LogP contribution in [0.3, 0.4) is 0 Å². The minimum absolute atomic E-state index is 0.343. The maximum Gasteiger partial charge on any atom is 0.224 e. The summed E-state index contributed by atoms with van der Waals surface area (Å²) in [5.41, 5.74) is 6.73. The summed E-state index contributed by atoms with van der Waals surface area (Å²) >= 11 is 12.4. The van der Waals surface area contributed by atoms with Crippen LogP contribution in [0.5, 0.6) is 11.5 Å². The molecule has 8 heteroatoms. The fourth-order valence-corrected chi connectivity index (χ4v) is 3.74. The molecule has 0 aliphatic carbocycles. The van der Waals surface area contributed by atoms with Crippen molar-refractivity contribution in [3.05, 3.63) is 81.8 Å². The Hall–Kier alpha value is -3.22. The molecule has 0 atom stereocenters. The highest BCUT2D eigenvalue weighted by Crippen LogP contribution is 2.36. The van der Waals surface area contributed by atoms with Crippen molar-refractivity contribution in [2.45, 2.75) is 20.1 Å². The Balaban J connectivity index is 1.50. The van der Waals surface area contributed by atoms with E-state index in [1.807, 2.05) is 54.6 Å². The average molecular weight is 469 g/mol. The summed E-state index contributed by atoms with van der Waals surface area (Å²) in [5.74, 6) is 1.67. The van der Waals surface area contributed by atoms with Crippen molar-refractivity contribution in [3.8, 4) is 11.5 Å².